The Morgan fingerprint density at radius 3 is 2.41 bits per heavy atom. The highest BCUT2D eigenvalue weighted by molar-refractivity contribution is 6.32. The molecule has 0 aromatic heterocycles. The minimum absolute atomic E-state index is 0.108. The molecule has 0 heterocycles. The van der Waals surface area contributed by atoms with Crippen LogP contribution in [0.1, 0.15) is 12.5 Å². The molecule has 0 saturated heterocycles. The average Bonchev–Trinajstić information content (AvgIpc) is 2.71. The van der Waals surface area contributed by atoms with Crippen molar-refractivity contribution in [2.24, 2.45) is 0 Å². The Kier molecular flexibility index (Phi) is 7.75. The third-order valence-corrected chi connectivity index (χ3v) is 4.13. The molecule has 2 aromatic rings. The van der Waals surface area contributed by atoms with Crippen LogP contribution in [-0.4, -0.2) is 33.8 Å². The summed E-state index contributed by atoms with van der Waals surface area (Å²) < 4.78 is 21.1. The molecule has 0 bridgehead atoms. The number of nitrogens with one attached hydrogen (secondary N) is 1. The lowest BCUT2D eigenvalue weighted by molar-refractivity contribution is -0.112. The zero-order chi connectivity index (χ0) is 21.4. The molecule has 2 aromatic carbocycles. The molecule has 2 rings (SSSR count). The smallest absolute Gasteiger partial charge is 0.266 e. The van der Waals surface area contributed by atoms with Gasteiger partial charge in [-0.15, -0.1) is 0 Å². The lowest BCUT2D eigenvalue weighted by Gasteiger charge is -2.12. The number of hydrogen-bond acceptors (Lipinski definition) is 6. The molecule has 8 heteroatoms. The molecule has 0 aliphatic rings. The van der Waals surface area contributed by atoms with Crippen molar-refractivity contribution in [3.8, 4) is 29.1 Å². The molecule has 29 heavy (non-hydrogen) atoms. The molecule has 0 unspecified atom stereocenters. The molecule has 0 aliphatic carbocycles. The van der Waals surface area contributed by atoms with E-state index in [1.165, 1.54) is 27.4 Å². The summed E-state index contributed by atoms with van der Waals surface area (Å²) in [5, 5.41) is 12.4. The number of hydrogen-bond donors (Lipinski definition) is 1. The highest BCUT2D eigenvalue weighted by Crippen LogP contribution is 2.37. The van der Waals surface area contributed by atoms with Crippen molar-refractivity contribution in [1.82, 2.24) is 0 Å². The van der Waals surface area contributed by atoms with Crippen LogP contribution in [0.3, 0.4) is 0 Å². The first-order valence-electron chi connectivity index (χ1n) is 8.62. The van der Waals surface area contributed by atoms with E-state index >= 15 is 0 Å². The maximum absolute atomic E-state index is 12.6. The zero-order valence-corrected chi connectivity index (χ0v) is 17.3. The maximum Gasteiger partial charge on any atom is 0.266 e. The van der Waals surface area contributed by atoms with Crippen LogP contribution in [-0.2, 0) is 4.79 Å². The van der Waals surface area contributed by atoms with Gasteiger partial charge in [-0.2, -0.15) is 5.26 Å². The summed E-state index contributed by atoms with van der Waals surface area (Å²) >= 11 is 6.22. The molecule has 0 aliphatic heterocycles. The Bertz CT molecular complexity index is 966. The topological polar surface area (TPSA) is 89.8 Å². The lowest BCUT2D eigenvalue weighted by atomic mass is 10.1. The van der Waals surface area contributed by atoms with E-state index in [-0.39, 0.29) is 5.57 Å². The quantitative estimate of drug-likeness (QED) is 0.509. The predicted molar refractivity (Wildman–Crippen MR) is 111 cm³/mol. The van der Waals surface area contributed by atoms with Crippen LogP contribution in [0.5, 0.6) is 23.0 Å². The summed E-state index contributed by atoms with van der Waals surface area (Å²) in [6, 6.07) is 10.0. The first kappa shape index (κ1) is 21.9. The second-order valence-electron chi connectivity index (χ2n) is 5.66. The third-order valence-electron chi connectivity index (χ3n) is 3.85. The van der Waals surface area contributed by atoms with E-state index < -0.39 is 5.91 Å². The van der Waals surface area contributed by atoms with Gasteiger partial charge in [-0.1, -0.05) is 11.6 Å². The Balaban J connectivity index is 2.32. The SMILES string of the molecule is CCOc1cc(/C=C(\C#N)C(=O)Nc2ccc(OC)c(OC)c2)cc(Cl)c1OC. The van der Waals surface area contributed by atoms with E-state index in [0.29, 0.717) is 45.9 Å². The zero-order valence-electron chi connectivity index (χ0n) is 16.5. The molecule has 0 saturated carbocycles. The number of anilines is 1. The van der Waals surface area contributed by atoms with Gasteiger partial charge in [0.2, 0.25) is 0 Å². The van der Waals surface area contributed by atoms with Crippen molar-refractivity contribution in [3.05, 3.63) is 46.5 Å². The number of amides is 1. The number of halogens is 1. The average molecular weight is 417 g/mol. The summed E-state index contributed by atoms with van der Waals surface area (Å²) in [4.78, 5) is 12.6. The fraction of sp³-hybridized carbons (Fsp3) is 0.238. The Morgan fingerprint density at radius 1 is 1.10 bits per heavy atom. The number of carbonyl (C=O) groups excluding carboxylic acids is 1. The van der Waals surface area contributed by atoms with Crippen molar-refractivity contribution in [1.29, 1.82) is 5.26 Å². The Labute approximate surface area is 174 Å². The molecule has 0 atom stereocenters. The van der Waals surface area contributed by atoms with Crippen molar-refractivity contribution < 1.29 is 23.7 Å². The van der Waals surface area contributed by atoms with Gasteiger partial charge in [0.25, 0.3) is 5.91 Å². The third kappa shape index (κ3) is 5.33. The lowest BCUT2D eigenvalue weighted by Crippen LogP contribution is -2.13. The molecular formula is C21H21ClN2O5. The first-order chi connectivity index (χ1) is 14.0. The van der Waals surface area contributed by atoms with Gasteiger partial charge in [0.1, 0.15) is 11.6 Å². The van der Waals surface area contributed by atoms with Gasteiger partial charge >= 0.3 is 0 Å². The highest BCUT2D eigenvalue weighted by atomic mass is 35.5. The summed E-state index contributed by atoms with van der Waals surface area (Å²) in [7, 11) is 4.49. The van der Waals surface area contributed by atoms with E-state index in [1.807, 2.05) is 13.0 Å². The van der Waals surface area contributed by atoms with Gasteiger partial charge < -0.3 is 24.3 Å². The van der Waals surface area contributed by atoms with Crippen LogP contribution in [0.15, 0.2) is 35.9 Å². The number of methoxy groups -OCH3 is 3. The Morgan fingerprint density at radius 2 is 1.83 bits per heavy atom. The fourth-order valence-corrected chi connectivity index (χ4v) is 2.86. The summed E-state index contributed by atoms with van der Waals surface area (Å²) in [6.07, 6.45) is 1.42. The number of nitrogens with zero attached hydrogens (tertiary/aromatic N) is 1. The molecule has 152 valence electrons. The summed E-state index contributed by atoms with van der Waals surface area (Å²) in [5.41, 5.74) is 0.873. The van der Waals surface area contributed by atoms with Gasteiger partial charge in [-0.05, 0) is 42.8 Å². The molecule has 0 spiro atoms. The minimum Gasteiger partial charge on any atom is -0.493 e. The molecule has 1 amide bonds. The number of ether oxygens (including phenoxy) is 4. The fourth-order valence-electron chi connectivity index (χ4n) is 2.56. The van der Waals surface area contributed by atoms with Crippen LogP contribution < -0.4 is 24.3 Å². The molecule has 7 nitrogen and oxygen atoms in total. The monoisotopic (exact) mass is 416 g/mol. The largest absolute Gasteiger partial charge is 0.493 e. The number of carbonyl (C=O) groups is 1. The van der Waals surface area contributed by atoms with Gasteiger partial charge in [-0.25, -0.2) is 0 Å². The van der Waals surface area contributed by atoms with Crippen molar-refractivity contribution in [2.75, 3.05) is 33.3 Å². The second-order valence-corrected chi connectivity index (χ2v) is 6.07. The molecule has 0 radical (unpaired) electrons. The van der Waals surface area contributed by atoms with Crippen molar-refractivity contribution >= 4 is 29.3 Å². The number of nitriles is 1. The predicted octanol–water partition coefficient (Wildman–Crippen LogP) is 4.31. The normalized spacial score (nSPS) is 10.7. The molecule has 0 fully saturated rings. The summed E-state index contributed by atoms with van der Waals surface area (Å²) in [6.45, 7) is 2.23. The molecule has 1 N–H and O–H groups in total. The van der Waals surface area contributed by atoms with Crippen molar-refractivity contribution in [2.45, 2.75) is 6.92 Å². The van der Waals surface area contributed by atoms with Gasteiger partial charge in [0, 0.05) is 11.8 Å². The maximum atomic E-state index is 12.6. The second kappa shape index (κ2) is 10.2. The standard InChI is InChI=1S/C21H21ClN2O5/c1-5-29-19-10-13(9-16(22)20(19)28-4)8-14(12-23)21(25)24-15-6-7-17(26-2)18(11-15)27-3/h6-11H,5H2,1-4H3,(H,24,25)/b14-8+. The van der Waals surface area contributed by atoms with Gasteiger partial charge in [0.05, 0.1) is 33.0 Å². The van der Waals surface area contributed by atoms with Crippen LogP contribution in [0, 0.1) is 11.3 Å². The Hall–Kier alpha value is -3.37. The first-order valence-corrected chi connectivity index (χ1v) is 9.00. The van der Waals surface area contributed by atoms with Crippen LogP contribution >= 0.6 is 11.6 Å². The summed E-state index contributed by atoms with van der Waals surface area (Å²) in [5.74, 6) is 1.21. The minimum atomic E-state index is -0.579. The number of rotatable bonds is 8. The van der Waals surface area contributed by atoms with Crippen LogP contribution in [0.25, 0.3) is 6.08 Å². The highest BCUT2D eigenvalue weighted by Gasteiger charge is 2.15. The molecular weight excluding hydrogens is 396 g/mol. The van der Waals surface area contributed by atoms with E-state index in [0.717, 1.165) is 0 Å². The van der Waals surface area contributed by atoms with E-state index in [1.54, 1.807) is 30.3 Å². The van der Waals surface area contributed by atoms with E-state index in [9.17, 15) is 10.1 Å². The van der Waals surface area contributed by atoms with Gasteiger partial charge in [0.15, 0.2) is 23.0 Å². The van der Waals surface area contributed by atoms with Crippen LogP contribution in [0.2, 0.25) is 5.02 Å². The van der Waals surface area contributed by atoms with Gasteiger partial charge in [-0.3, -0.25) is 4.79 Å². The van der Waals surface area contributed by atoms with E-state index in [4.69, 9.17) is 30.5 Å². The van der Waals surface area contributed by atoms with Crippen LogP contribution in [0.4, 0.5) is 5.69 Å². The number of benzene rings is 2. The van der Waals surface area contributed by atoms with Crippen molar-refractivity contribution in [3.63, 3.8) is 0 Å². The van der Waals surface area contributed by atoms with E-state index in [2.05, 4.69) is 5.32 Å².